The van der Waals surface area contributed by atoms with Crippen LogP contribution < -0.4 is 10.1 Å². The first kappa shape index (κ1) is 23.6. The standard InChI is InChI=1S/C27H19N3O7/c1-35-20-12-5-4-11-19(20)28-22(31)13-21-29-23(37-30-21)14-36-27(34)18-10-6-9-17-24(18)26(33)16-8-3-2-7-15(16)25(17)32/h2-12H,13-14H2,1H3,(H,28,31). The molecule has 0 unspecified atom stereocenters. The summed E-state index contributed by atoms with van der Waals surface area (Å²) in [5.74, 6) is -1.44. The zero-order valence-electron chi connectivity index (χ0n) is 19.5. The molecule has 0 aliphatic heterocycles. The summed E-state index contributed by atoms with van der Waals surface area (Å²) in [6.07, 6.45) is -0.183. The summed E-state index contributed by atoms with van der Waals surface area (Å²) in [6.45, 7) is -0.387. The molecule has 1 aliphatic rings. The fourth-order valence-electron chi connectivity index (χ4n) is 4.03. The largest absolute Gasteiger partial charge is 0.495 e. The molecule has 0 bridgehead atoms. The van der Waals surface area contributed by atoms with Crippen molar-refractivity contribution in [1.29, 1.82) is 0 Å². The van der Waals surface area contributed by atoms with Crippen molar-refractivity contribution in [2.24, 2.45) is 0 Å². The number of nitrogens with one attached hydrogen (secondary N) is 1. The van der Waals surface area contributed by atoms with Crippen LogP contribution >= 0.6 is 0 Å². The molecule has 0 saturated heterocycles. The van der Waals surface area contributed by atoms with E-state index >= 15 is 0 Å². The molecule has 10 heteroatoms. The Bertz CT molecular complexity index is 1560. The second-order valence-electron chi connectivity index (χ2n) is 8.04. The van der Waals surface area contributed by atoms with Gasteiger partial charge in [0.2, 0.25) is 5.91 Å². The zero-order chi connectivity index (χ0) is 25.9. The Labute approximate surface area is 210 Å². The highest BCUT2D eigenvalue weighted by molar-refractivity contribution is 6.30. The molecular weight excluding hydrogens is 478 g/mol. The van der Waals surface area contributed by atoms with Crippen LogP contribution in [0.2, 0.25) is 0 Å². The van der Waals surface area contributed by atoms with Crippen molar-refractivity contribution in [1.82, 2.24) is 10.1 Å². The number of hydrogen-bond donors (Lipinski definition) is 1. The van der Waals surface area contributed by atoms with Gasteiger partial charge in [-0.3, -0.25) is 14.4 Å². The number of amides is 1. The predicted molar refractivity (Wildman–Crippen MR) is 128 cm³/mol. The smallest absolute Gasteiger partial charge is 0.339 e. The summed E-state index contributed by atoms with van der Waals surface area (Å²) in [5, 5.41) is 6.44. The fraction of sp³-hybridized carbons (Fsp3) is 0.111. The van der Waals surface area contributed by atoms with Gasteiger partial charge >= 0.3 is 5.97 Å². The summed E-state index contributed by atoms with van der Waals surface area (Å²) < 4.78 is 15.6. The van der Waals surface area contributed by atoms with E-state index < -0.39 is 17.7 Å². The highest BCUT2D eigenvalue weighted by Gasteiger charge is 2.33. The van der Waals surface area contributed by atoms with Crippen molar-refractivity contribution in [3.8, 4) is 5.75 Å². The monoisotopic (exact) mass is 497 g/mol. The Morgan fingerprint density at radius 1 is 0.892 bits per heavy atom. The number of ketones is 2. The minimum atomic E-state index is -0.828. The number of para-hydroxylation sites is 2. The van der Waals surface area contributed by atoms with E-state index in [1.807, 2.05) is 0 Å². The molecule has 0 spiro atoms. The number of aromatic nitrogens is 2. The molecule has 5 rings (SSSR count). The third-order valence-corrected chi connectivity index (χ3v) is 5.71. The van der Waals surface area contributed by atoms with Crippen LogP contribution in [0.1, 0.15) is 53.9 Å². The molecule has 1 aromatic heterocycles. The van der Waals surface area contributed by atoms with Crippen LogP contribution in [-0.4, -0.2) is 40.7 Å². The van der Waals surface area contributed by atoms with Crippen LogP contribution in [0.5, 0.6) is 5.75 Å². The van der Waals surface area contributed by atoms with Gasteiger partial charge in [0.25, 0.3) is 5.89 Å². The lowest BCUT2D eigenvalue weighted by Crippen LogP contribution is -2.24. The van der Waals surface area contributed by atoms with E-state index in [0.717, 1.165) is 0 Å². The Morgan fingerprint density at radius 2 is 1.59 bits per heavy atom. The van der Waals surface area contributed by atoms with Crippen LogP contribution in [0.4, 0.5) is 5.69 Å². The van der Waals surface area contributed by atoms with Gasteiger partial charge in [-0.1, -0.05) is 53.7 Å². The van der Waals surface area contributed by atoms with Crippen molar-refractivity contribution in [2.75, 3.05) is 12.4 Å². The van der Waals surface area contributed by atoms with Gasteiger partial charge < -0.3 is 19.3 Å². The van der Waals surface area contributed by atoms with Crippen LogP contribution in [0.25, 0.3) is 0 Å². The summed E-state index contributed by atoms with van der Waals surface area (Å²) in [6, 6.07) is 17.8. The molecule has 1 amide bonds. The number of esters is 1. The van der Waals surface area contributed by atoms with E-state index in [1.54, 1.807) is 48.5 Å². The van der Waals surface area contributed by atoms with Gasteiger partial charge in [0.1, 0.15) is 5.75 Å². The van der Waals surface area contributed by atoms with Crippen LogP contribution in [0.15, 0.2) is 71.3 Å². The number of anilines is 1. The maximum absolute atomic E-state index is 13.1. The van der Waals surface area contributed by atoms with Gasteiger partial charge in [0.05, 0.1) is 24.8 Å². The number of hydrogen-bond acceptors (Lipinski definition) is 9. The highest BCUT2D eigenvalue weighted by Crippen LogP contribution is 2.30. The van der Waals surface area contributed by atoms with Gasteiger partial charge in [-0.05, 0) is 18.2 Å². The minimum absolute atomic E-state index is 0.00423. The third-order valence-electron chi connectivity index (χ3n) is 5.71. The second kappa shape index (κ2) is 9.86. The number of ether oxygens (including phenoxy) is 2. The average Bonchev–Trinajstić information content (AvgIpc) is 3.37. The first-order chi connectivity index (χ1) is 18.0. The van der Waals surface area contributed by atoms with Gasteiger partial charge in [-0.2, -0.15) is 4.98 Å². The Morgan fingerprint density at radius 3 is 2.38 bits per heavy atom. The van der Waals surface area contributed by atoms with Crippen molar-refractivity contribution in [2.45, 2.75) is 13.0 Å². The lowest BCUT2D eigenvalue weighted by atomic mass is 9.82. The maximum atomic E-state index is 13.1. The SMILES string of the molecule is COc1ccccc1NC(=O)Cc1noc(COC(=O)c2cccc3c2C(=O)c2ccccc2C3=O)n1. The lowest BCUT2D eigenvalue weighted by molar-refractivity contribution is -0.115. The number of methoxy groups -OCH3 is 1. The highest BCUT2D eigenvalue weighted by atomic mass is 16.6. The van der Waals surface area contributed by atoms with Crippen molar-refractivity contribution in [3.63, 3.8) is 0 Å². The summed E-state index contributed by atoms with van der Waals surface area (Å²) in [4.78, 5) is 55.2. The number of carbonyl (C=O) groups is 4. The van der Waals surface area contributed by atoms with E-state index in [0.29, 0.717) is 17.0 Å². The molecule has 0 saturated carbocycles. The molecule has 37 heavy (non-hydrogen) atoms. The molecule has 10 nitrogen and oxygen atoms in total. The van der Waals surface area contributed by atoms with Gasteiger partial charge in [0.15, 0.2) is 24.0 Å². The van der Waals surface area contributed by atoms with Crippen molar-refractivity contribution < 1.29 is 33.2 Å². The van der Waals surface area contributed by atoms with E-state index in [-0.39, 0.29) is 52.8 Å². The van der Waals surface area contributed by atoms with E-state index in [2.05, 4.69) is 15.5 Å². The molecule has 0 radical (unpaired) electrons. The molecule has 0 atom stereocenters. The molecule has 1 N–H and O–H groups in total. The van der Waals surface area contributed by atoms with Crippen LogP contribution in [0.3, 0.4) is 0 Å². The molecular formula is C27H19N3O7. The van der Waals surface area contributed by atoms with Crippen molar-refractivity contribution >= 4 is 29.1 Å². The number of rotatable bonds is 7. The molecule has 1 heterocycles. The Hall–Kier alpha value is -5.12. The topological polar surface area (TPSA) is 138 Å². The maximum Gasteiger partial charge on any atom is 0.339 e. The van der Waals surface area contributed by atoms with Crippen LogP contribution in [-0.2, 0) is 22.6 Å². The second-order valence-corrected chi connectivity index (χ2v) is 8.04. The van der Waals surface area contributed by atoms with Gasteiger partial charge in [-0.25, -0.2) is 4.79 Å². The molecule has 184 valence electrons. The molecule has 3 aromatic carbocycles. The first-order valence-electron chi connectivity index (χ1n) is 11.2. The van der Waals surface area contributed by atoms with E-state index in [9.17, 15) is 19.2 Å². The van der Waals surface area contributed by atoms with E-state index in [4.69, 9.17) is 14.0 Å². The Balaban J connectivity index is 1.25. The zero-order valence-corrected chi connectivity index (χ0v) is 19.5. The summed E-state index contributed by atoms with van der Waals surface area (Å²) in [7, 11) is 1.50. The normalized spacial score (nSPS) is 11.9. The summed E-state index contributed by atoms with van der Waals surface area (Å²) >= 11 is 0. The van der Waals surface area contributed by atoms with Crippen LogP contribution in [0, 0.1) is 0 Å². The van der Waals surface area contributed by atoms with Crippen molar-refractivity contribution in [3.05, 3.63) is 106 Å². The van der Waals surface area contributed by atoms with Gasteiger partial charge in [-0.15, -0.1) is 0 Å². The lowest BCUT2D eigenvalue weighted by Gasteiger charge is -2.19. The predicted octanol–water partition coefficient (Wildman–Crippen LogP) is 3.39. The van der Waals surface area contributed by atoms with Gasteiger partial charge in [0, 0.05) is 22.3 Å². The Kier molecular flexibility index (Phi) is 6.29. The minimum Gasteiger partial charge on any atom is -0.495 e. The molecule has 0 fully saturated rings. The number of carbonyl (C=O) groups excluding carboxylic acids is 4. The summed E-state index contributed by atoms with van der Waals surface area (Å²) in [5.41, 5.74) is 1.11. The molecule has 4 aromatic rings. The average molecular weight is 497 g/mol. The van der Waals surface area contributed by atoms with E-state index in [1.165, 1.54) is 25.3 Å². The molecule has 1 aliphatic carbocycles. The third kappa shape index (κ3) is 4.59. The number of fused-ring (bicyclic) bond motifs is 2. The fourth-order valence-corrected chi connectivity index (χ4v) is 4.03. The first-order valence-corrected chi connectivity index (χ1v) is 11.2. The quantitative estimate of drug-likeness (QED) is 0.335. The number of nitrogens with zero attached hydrogens (tertiary/aromatic N) is 2. The number of benzene rings is 3.